The van der Waals surface area contributed by atoms with Crippen LogP contribution in [0.15, 0.2) is 0 Å². The van der Waals surface area contributed by atoms with Crippen molar-refractivity contribution in [1.29, 1.82) is 0 Å². The molecule has 3 heterocycles. The first-order valence-electron chi connectivity index (χ1n) is 6.52. The summed E-state index contributed by atoms with van der Waals surface area (Å²) in [4.78, 5) is 0. The molecule has 0 radical (unpaired) electrons. The Morgan fingerprint density at radius 3 is 2.37 bits per heavy atom. The van der Waals surface area contributed by atoms with Crippen LogP contribution < -0.4 is 0 Å². The summed E-state index contributed by atoms with van der Waals surface area (Å²) >= 11 is 0. The predicted molar refractivity (Wildman–Crippen MR) is 61.0 cm³/mol. The zero-order valence-electron chi connectivity index (χ0n) is 11.2. The van der Waals surface area contributed by atoms with Gasteiger partial charge in [0, 0.05) is 0 Å². The van der Waals surface area contributed by atoms with Gasteiger partial charge in [0.05, 0.1) is 6.61 Å². The maximum Gasteiger partial charge on any atom is 0.190 e. The summed E-state index contributed by atoms with van der Waals surface area (Å²) in [5.74, 6) is -0.812. The standard InChI is InChI=1S/C12H20O7/c1-5-15-10-7(14)9(17-11(10)16-5)8-6(4-13)18-12(2,3)19-8/h5-11,13-14H,4H2,1-3H3. The summed E-state index contributed by atoms with van der Waals surface area (Å²) < 4.78 is 27.8. The fourth-order valence-corrected chi connectivity index (χ4v) is 2.91. The summed E-state index contributed by atoms with van der Waals surface area (Å²) in [6.07, 6.45) is -4.10. The van der Waals surface area contributed by atoms with E-state index >= 15 is 0 Å². The van der Waals surface area contributed by atoms with Gasteiger partial charge in [0.1, 0.15) is 30.5 Å². The second-order valence-corrected chi connectivity index (χ2v) is 5.59. The number of fused-ring (bicyclic) bond motifs is 1. The van der Waals surface area contributed by atoms with Gasteiger partial charge in [-0.1, -0.05) is 0 Å². The van der Waals surface area contributed by atoms with Gasteiger partial charge in [0.25, 0.3) is 0 Å². The van der Waals surface area contributed by atoms with E-state index < -0.39 is 48.9 Å². The molecule has 7 unspecified atom stereocenters. The number of aliphatic hydroxyl groups is 2. The highest BCUT2D eigenvalue weighted by molar-refractivity contribution is 4.99. The highest BCUT2D eigenvalue weighted by Crippen LogP contribution is 2.39. The Hall–Kier alpha value is -0.280. The van der Waals surface area contributed by atoms with Gasteiger partial charge in [-0.2, -0.15) is 0 Å². The Bertz CT molecular complexity index is 347. The van der Waals surface area contributed by atoms with Crippen molar-refractivity contribution in [2.24, 2.45) is 0 Å². The summed E-state index contributed by atoms with van der Waals surface area (Å²) in [7, 11) is 0. The second kappa shape index (κ2) is 4.63. The highest BCUT2D eigenvalue weighted by Gasteiger charge is 2.57. The third-order valence-electron chi connectivity index (χ3n) is 3.63. The lowest BCUT2D eigenvalue weighted by Crippen LogP contribution is -2.45. The highest BCUT2D eigenvalue weighted by atomic mass is 16.8. The third-order valence-corrected chi connectivity index (χ3v) is 3.63. The Morgan fingerprint density at radius 1 is 1.00 bits per heavy atom. The largest absolute Gasteiger partial charge is 0.394 e. The lowest BCUT2D eigenvalue weighted by atomic mass is 10.0. The molecule has 3 rings (SSSR count). The van der Waals surface area contributed by atoms with E-state index in [0.717, 1.165) is 0 Å². The van der Waals surface area contributed by atoms with Crippen molar-refractivity contribution < 1.29 is 33.9 Å². The number of hydrogen-bond donors (Lipinski definition) is 2. The van der Waals surface area contributed by atoms with Crippen molar-refractivity contribution >= 4 is 0 Å². The summed E-state index contributed by atoms with van der Waals surface area (Å²) in [6, 6.07) is 0. The van der Waals surface area contributed by atoms with Crippen LogP contribution in [0.2, 0.25) is 0 Å². The molecule has 0 bridgehead atoms. The summed E-state index contributed by atoms with van der Waals surface area (Å²) in [5, 5.41) is 19.6. The molecule has 3 saturated heterocycles. The number of ether oxygens (including phenoxy) is 5. The van der Waals surface area contributed by atoms with Crippen molar-refractivity contribution in [2.45, 2.75) is 69.7 Å². The fourth-order valence-electron chi connectivity index (χ4n) is 2.91. The van der Waals surface area contributed by atoms with E-state index in [0.29, 0.717) is 0 Å². The zero-order valence-corrected chi connectivity index (χ0v) is 11.2. The SMILES string of the molecule is CC1OC2OC(C3OC(C)(C)OC3CO)C(O)C2O1. The second-order valence-electron chi connectivity index (χ2n) is 5.59. The molecule has 0 aromatic heterocycles. The van der Waals surface area contributed by atoms with Crippen LogP contribution in [0, 0.1) is 0 Å². The maximum absolute atomic E-state index is 10.3. The van der Waals surface area contributed by atoms with Gasteiger partial charge in [-0.15, -0.1) is 0 Å². The van der Waals surface area contributed by atoms with Gasteiger partial charge < -0.3 is 33.9 Å². The normalized spacial score (nSPS) is 52.6. The van der Waals surface area contributed by atoms with E-state index in [1.54, 1.807) is 20.8 Å². The Kier molecular flexibility index (Phi) is 3.33. The van der Waals surface area contributed by atoms with Crippen LogP contribution in [-0.2, 0) is 23.7 Å². The van der Waals surface area contributed by atoms with Gasteiger partial charge in [-0.3, -0.25) is 0 Å². The molecule has 7 nitrogen and oxygen atoms in total. The average molecular weight is 276 g/mol. The first kappa shape index (κ1) is 13.7. The third kappa shape index (κ3) is 2.29. The number of hydrogen-bond acceptors (Lipinski definition) is 7. The van der Waals surface area contributed by atoms with Crippen molar-refractivity contribution in [1.82, 2.24) is 0 Å². The van der Waals surface area contributed by atoms with E-state index in [2.05, 4.69) is 0 Å². The monoisotopic (exact) mass is 276 g/mol. The molecule has 3 aliphatic rings. The van der Waals surface area contributed by atoms with Gasteiger partial charge in [0.2, 0.25) is 0 Å². The molecule has 7 heteroatoms. The van der Waals surface area contributed by atoms with Crippen molar-refractivity contribution in [3.8, 4) is 0 Å². The fraction of sp³-hybridized carbons (Fsp3) is 1.00. The molecule has 0 aromatic carbocycles. The summed E-state index contributed by atoms with van der Waals surface area (Å²) in [5.41, 5.74) is 0. The van der Waals surface area contributed by atoms with E-state index in [1.165, 1.54) is 0 Å². The smallest absolute Gasteiger partial charge is 0.190 e. The van der Waals surface area contributed by atoms with Gasteiger partial charge >= 0.3 is 0 Å². The van der Waals surface area contributed by atoms with Crippen LogP contribution in [0.5, 0.6) is 0 Å². The van der Waals surface area contributed by atoms with Gasteiger partial charge in [-0.25, -0.2) is 0 Å². The molecule has 0 aliphatic carbocycles. The molecule has 110 valence electrons. The van der Waals surface area contributed by atoms with Crippen molar-refractivity contribution in [3.63, 3.8) is 0 Å². The molecule has 19 heavy (non-hydrogen) atoms. The number of aliphatic hydroxyl groups excluding tert-OH is 2. The van der Waals surface area contributed by atoms with Crippen LogP contribution >= 0.6 is 0 Å². The Morgan fingerprint density at radius 2 is 1.74 bits per heavy atom. The van der Waals surface area contributed by atoms with Crippen molar-refractivity contribution in [3.05, 3.63) is 0 Å². The molecule has 2 N–H and O–H groups in total. The van der Waals surface area contributed by atoms with Crippen LogP contribution in [0.1, 0.15) is 20.8 Å². The topological polar surface area (TPSA) is 86.6 Å². The van der Waals surface area contributed by atoms with E-state index in [-0.39, 0.29) is 6.61 Å². The molecule has 0 spiro atoms. The Labute approximate surface area is 111 Å². The quantitative estimate of drug-likeness (QED) is 0.692. The van der Waals surface area contributed by atoms with Crippen LogP contribution in [-0.4, -0.2) is 65.7 Å². The predicted octanol–water partition coefficient (Wildman–Crippen LogP) is -0.654. The lowest BCUT2D eigenvalue weighted by Gasteiger charge is -2.25. The molecule has 0 amide bonds. The Balaban J connectivity index is 1.73. The molecular weight excluding hydrogens is 256 g/mol. The first-order valence-corrected chi connectivity index (χ1v) is 6.52. The first-order chi connectivity index (χ1) is 8.91. The number of rotatable bonds is 2. The lowest BCUT2D eigenvalue weighted by molar-refractivity contribution is -0.199. The molecule has 3 aliphatic heterocycles. The average Bonchev–Trinajstić information content (AvgIpc) is 2.92. The summed E-state index contributed by atoms with van der Waals surface area (Å²) in [6.45, 7) is 5.06. The van der Waals surface area contributed by atoms with Gasteiger partial charge in [-0.05, 0) is 20.8 Å². The zero-order chi connectivity index (χ0) is 13.8. The minimum absolute atomic E-state index is 0.200. The molecule has 3 fully saturated rings. The molecule has 0 aromatic rings. The minimum Gasteiger partial charge on any atom is -0.394 e. The van der Waals surface area contributed by atoms with E-state index in [9.17, 15) is 10.2 Å². The molecular formula is C12H20O7. The molecule has 0 saturated carbocycles. The van der Waals surface area contributed by atoms with E-state index in [4.69, 9.17) is 23.7 Å². The van der Waals surface area contributed by atoms with Crippen LogP contribution in [0.25, 0.3) is 0 Å². The van der Waals surface area contributed by atoms with Crippen molar-refractivity contribution in [2.75, 3.05) is 6.61 Å². The van der Waals surface area contributed by atoms with Gasteiger partial charge in [0.15, 0.2) is 18.4 Å². The maximum atomic E-state index is 10.3. The van der Waals surface area contributed by atoms with E-state index in [1.807, 2.05) is 0 Å². The minimum atomic E-state index is -0.869. The molecule has 7 atom stereocenters. The van der Waals surface area contributed by atoms with Crippen LogP contribution in [0.3, 0.4) is 0 Å². The van der Waals surface area contributed by atoms with Crippen LogP contribution in [0.4, 0.5) is 0 Å².